The van der Waals surface area contributed by atoms with Crippen LogP contribution in [0.3, 0.4) is 0 Å². The van der Waals surface area contributed by atoms with E-state index in [4.69, 9.17) is 14.2 Å². The molecule has 3 rings (SSSR count). The van der Waals surface area contributed by atoms with Gasteiger partial charge < -0.3 is 19.5 Å². The van der Waals surface area contributed by atoms with Crippen LogP contribution in [-0.2, 0) is 14.2 Å². The summed E-state index contributed by atoms with van der Waals surface area (Å²) in [6, 6.07) is 0. The van der Waals surface area contributed by atoms with Crippen molar-refractivity contribution in [2.24, 2.45) is 5.92 Å². The summed E-state index contributed by atoms with van der Waals surface area (Å²) < 4.78 is 16.9. The Morgan fingerprint density at radius 2 is 2.21 bits per heavy atom. The molecular formula is C10H17NO3. The van der Waals surface area contributed by atoms with Gasteiger partial charge in [0.25, 0.3) is 0 Å². The minimum Gasteiger partial charge on any atom is -0.378 e. The van der Waals surface area contributed by atoms with Crippen LogP contribution in [0.15, 0.2) is 0 Å². The van der Waals surface area contributed by atoms with Crippen LogP contribution in [-0.4, -0.2) is 51.2 Å². The molecule has 0 amide bonds. The van der Waals surface area contributed by atoms with Crippen molar-refractivity contribution in [3.63, 3.8) is 0 Å². The highest BCUT2D eigenvalue weighted by Gasteiger charge is 2.39. The van der Waals surface area contributed by atoms with E-state index in [9.17, 15) is 0 Å². The predicted molar refractivity (Wildman–Crippen MR) is 50.2 cm³/mol. The molecule has 3 heterocycles. The maximum Gasteiger partial charge on any atom is 0.0864 e. The Balaban J connectivity index is 1.42. The molecule has 3 aliphatic heterocycles. The lowest BCUT2D eigenvalue weighted by atomic mass is 10.0. The summed E-state index contributed by atoms with van der Waals surface area (Å²) in [5, 5.41) is 3.19. The normalized spacial score (nSPS) is 42.4. The van der Waals surface area contributed by atoms with Crippen LogP contribution < -0.4 is 5.32 Å². The van der Waals surface area contributed by atoms with Crippen molar-refractivity contribution in [3.8, 4) is 0 Å². The zero-order valence-corrected chi connectivity index (χ0v) is 8.28. The van der Waals surface area contributed by atoms with Crippen molar-refractivity contribution in [2.75, 3.05) is 32.9 Å². The van der Waals surface area contributed by atoms with Gasteiger partial charge in [-0.25, -0.2) is 0 Å². The van der Waals surface area contributed by atoms with E-state index >= 15 is 0 Å². The third kappa shape index (κ3) is 1.67. The lowest BCUT2D eigenvalue weighted by Gasteiger charge is -2.28. The third-order valence-corrected chi connectivity index (χ3v) is 3.33. The number of rotatable bonds is 3. The minimum atomic E-state index is 0.314. The van der Waals surface area contributed by atoms with Crippen LogP contribution in [0.1, 0.15) is 6.42 Å². The molecule has 0 spiro atoms. The van der Waals surface area contributed by atoms with Crippen molar-refractivity contribution >= 4 is 0 Å². The van der Waals surface area contributed by atoms with Crippen molar-refractivity contribution in [1.82, 2.24) is 5.32 Å². The van der Waals surface area contributed by atoms with Crippen molar-refractivity contribution in [2.45, 2.75) is 24.7 Å². The van der Waals surface area contributed by atoms with Gasteiger partial charge in [0, 0.05) is 19.0 Å². The molecule has 4 nitrogen and oxygen atoms in total. The van der Waals surface area contributed by atoms with Gasteiger partial charge in [0.05, 0.1) is 38.1 Å². The molecule has 3 atom stereocenters. The highest BCUT2D eigenvalue weighted by molar-refractivity contribution is 4.86. The van der Waals surface area contributed by atoms with E-state index in [1.165, 1.54) is 0 Å². The van der Waals surface area contributed by atoms with E-state index in [0.29, 0.717) is 24.2 Å². The van der Waals surface area contributed by atoms with Gasteiger partial charge in [-0.3, -0.25) is 0 Å². The second-order valence-electron chi connectivity index (χ2n) is 4.44. The van der Waals surface area contributed by atoms with E-state index in [1.54, 1.807) is 0 Å². The summed E-state index contributed by atoms with van der Waals surface area (Å²) in [5.74, 6) is 0.628. The van der Waals surface area contributed by atoms with Gasteiger partial charge >= 0.3 is 0 Å². The van der Waals surface area contributed by atoms with Gasteiger partial charge in [0.1, 0.15) is 0 Å². The van der Waals surface area contributed by atoms with Crippen LogP contribution in [0.4, 0.5) is 0 Å². The quantitative estimate of drug-likeness (QED) is 0.682. The first kappa shape index (κ1) is 9.09. The van der Waals surface area contributed by atoms with Gasteiger partial charge in [0.15, 0.2) is 0 Å². The second-order valence-corrected chi connectivity index (χ2v) is 4.44. The van der Waals surface area contributed by atoms with Crippen LogP contribution in [0.5, 0.6) is 0 Å². The van der Waals surface area contributed by atoms with E-state index < -0.39 is 0 Å². The molecule has 4 heteroatoms. The van der Waals surface area contributed by atoms with Crippen LogP contribution in [0.2, 0.25) is 0 Å². The monoisotopic (exact) mass is 199 g/mol. The Labute approximate surface area is 83.9 Å². The van der Waals surface area contributed by atoms with Crippen LogP contribution >= 0.6 is 0 Å². The van der Waals surface area contributed by atoms with Gasteiger partial charge in [-0.05, 0) is 6.42 Å². The Morgan fingerprint density at radius 3 is 2.93 bits per heavy atom. The lowest BCUT2D eigenvalue weighted by Crippen LogP contribution is -2.49. The number of hydrogen-bond donors (Lipinski definition) is 1. The number of hydrogen-bond acceptors (Lipinski definition) is 4. The number of ether oxygens (including phenoxy) is 3. The molecule has 3 saturated heterocycles. The van der Waals surface area contributed by atoms with Gasteiger partial charge in [0.2, 0.25) is 0 Å². The van der Waals surface area contributed by atoms with Crippen LogP contribution in [0, 0.1) is 5.92 Å². The van der Waals surface area contributed by atoms with Crippen molar-refractivity contribution in [3.05, 3.63) is 0 Å². The first-order valence-corrected chi connectivity index (χ1v) is 5.47. The molecule has 0 radical (unpaired) electrons. The fourth-order valence-corrected chi connectivity index (χ4v) is 2.32. The molecule has 0 bridgehead atoms. The minimum absolute atomic E-state index is 0.314. The third-order valence-electron chi connectivity index (χ3n) is 3.33. The molecule has 0 aromatic rings. The van der Waals surface area contributed by atoms with Gasteiger partial charge in [-0.2, -0.15) is 0 Å². The summed E-state index contributed by atoms with van der Waals surface area (Å²) in [4.78, 5) is 0. The Morgan fingerprint density at radius 1 is 1.29 bits per heavy atom. The summed E-state index contributed by atoms with van der Waals surface area (Å²) in [6.45, 7) is 4.43. The van der Waals surface area contributed by atoms with Crippen LogP contribution in [0.25, 0.3) is 0 Å². The Kier molecular flexibility index (Phi) is 2.45. The van der Waals surface area contributed by atoms with E-state index in [0.717, 1.165) is 39.3 Å². The zero-order valence-electron chi connectivity index (χ0n) is 8.28. The highest BCUT2D eigenvalue weighted by atomic mass is 16.6. The molecule has 1 N–H and O–H groups in total. The molecular weight excluding hydrogens is 182 g/mol. The summed E-state index contributed by atoms with van der Waals surface area (Å²) >= 11 is 0. The molecule has 0 aromatic carbocycles. The zero-order chi connectivity index (χ0) is 9.38. The smallest absolute Gasteiger partial charge is 0.0864 e. The second kappa shape index (κ2) is 3.77. The first-order chi connectivity index (χ1) is 6.92. The summed E-state index contributed by atoms with van der Waals surface area (Å²) in [6.07, 6.45) is 2.21. The van der Waals surface area contributed by atoms with Crippen molar-refractivity contribution in [1.29, 1.82) is 0 Å². The molecule has 80 valence electrons. The Hall–Kier alpha value is -0.160. The predicted octanol–water partition coefficient (Wildman–Crippen LogP) is -0.221. The first-order valence-electron chi connectivity index (χ1n) is 5.47. The van der Waals surface area contributed by atoms with Gasteiger partial charge in [-0.15, -0.1) is 0 Å². The molecule has 14 heavy (non-hydrogen) atoms. The van der Waals surface area contributed by atoms with Gasteiger partial charge in [-0.1, -0.05) is 0 Å². The summed E-state index contributed by atoms with van der Waals surface area (Å²) in [5.41, 5.74) is 0. The lowest BCUT2D eigenvalue weighted by molar-refractivity contribution is -0.0611. The molecule has 0 aromatic heterocycles. The maximum absolute atomic E-state index is 5.83. The number of fused-ring (bicyclic) bond motifs is 1. The number of nitrogens with one attached hydrogen (secondary N) is 1. The average molecular weight is 199 g/mol. The van der Waals surface area contributed by atoms with Crippen molar-refractivity contribution < 1.29 is 14.2 Å². The largest absolute Gasteiger partial charge is 0.378 e. The highest BCUT2D eigenvalue weighted by Crippen LogP contribution is 2.31. The molecule has 3 aliphatic rings. The molecule has 0 saturated carbocycles. The molecule has 0 aliphatic carbocycles. The van der Waals surface area contributed by atoms with E-state index in [1.807, 2.05) is 0 Å². The standard InChI is InChI=1S/C10H17NO3/c1-7-4-12-6-10(7)14-8(1)5-13-9-2-11-3-9/h7-11H,1-6H2/t7-,8?,10+/m1/s1. The average Bonchev–Trinajstić information content (AvgIpc) is 2.59. The SMILES string of the molecule is C1NCC1OCC1C[C@@H]2COC[C@@H]2O1. The molecule has 3 fully saturated rings. The summed E-state index contributed by atoms with van der Waals surface area (Å²) in [7, 11) is 0. The maximum atomic E-state index is 5.83. The molecule has 1 unspecified atom stereocenters. The topological polar surface area (TPSA) is 39.7 Å². The van der Waals surface area contributed by atoms with E-state index in [2.05, 4.69) is 5.32 Å². The Bertz CT molecular complexity index is 196. The van der Waals surface area contributed by atoms with E-state index in [-0.39, 0.29) is 0 Å². The fourth-order valence-electron chi connectivity index (χ4n) is 2.32. The fraction of sp³-hybridized carbons (Fsp3) is 1.00.